The highest BCUT2D eigenvalue weighted by molar-refractivity contribution is 4.88. The van der Waals surface area contributed by atoms with Crippen LogP contribution in [0.25, 0.3) is 0 Å². The second kappa shape index (κ2) is 4.34. The highest BCUT2D eigenvalue weighted by Gasteiger charge is 2.42. The molecule has 0 aromatic rings. The molecule has 5 atom stereocenters. The summed E-state index contributed by atoms with van der Waals surface area (Å²) >= 11 is 0. The summed E-state index contributed by atoms with van der Waals surface area (Å²) in [5, 5.41) is 28.2. The summed E-state index contributed by atoms with van der Waals surface area (Å²) in [5.74, 6) is 0. The number of aliphatic hydroxyl groups is 3. The lowest BCUT2D eigenvalue weighted by atomic mass is 9.97. The SMILES string of the molecule is CCC1O[C@H](OC)C(O)[C@H](O)[C@@H]1O. The molecule has 3 N–H and O–H groups in total. The first-order chi connectivity index (χ1) is 6.11. The third-order valence-corrected chi connectivity index (χ3v) is 2.30. The molecule has 0 saturated carbocycles. The zero-order valence-corrected chi connectivity index (χ0v) is 7.75. The second-order valence-corrected chi connectivity index (χ2v) is 3.16. The predicted molar refractivity (Wildman–Crippen MR) is 44.0 cm³/mol. The van der Waals surface area contributed by atoms with E-state index in [0.717, 1.165) is 0 Å². The fourth-order valence-electron chi connectivity index (χ4n) is 1.45. The van der Waals surface area contributed by atoms with E-state index in [1.54, 1.807) is 0 Å². The van der Waals surface area contributed by atoms with Gasteiger partial charge in [-0.15, -0.1) is 0 Å². The molecular weight excluding hydrogens is 176 g/mol. The first kappa shape index (κ1) is 10.9. The number of aliphatic hydroxyl groups excluding tert-OH is 3. The van der Waals surface area contributed by atoms with Crippen LogP contribution in [0.3, 0.4) is 0 Å². The number of hydrogen-bond acceptors (Lipinski definition) is 5. The van der Waals surface area contributed by atoms with Crippen LogP contribution in [0.4, 0.5) is 0 Å². The molecule has 0 spiro atoms. The van der Waals surface area contributed by atoms with Crippen molar-refractivity contribution in [1.82, 2.24) is 0 Å². The minimum Gasteiger partial charge on any atom is -0.388 e. The van der Waals surface area contributed by atoms with Crippen molar-refractivity contribution in [3.05, 3.63) is 0 Å². The molecular formula is C8H16O5. The van der Waals surface area contributed by atoms with Crippen molar-refractivity contribution in [3.8, 4) is 0 Å². The van der Waals surface area contributed by atoms with Crippen molar-refractivity contribution in [2.45, 2.75) is 44.1 Å². The lowest BCUT2D eigenvalue weighted by Crippen LogP contribution is -2.57. The van der Waals surface area contributed by atoms with Crippen molar-refractivity contribution < 1.29 is 24.8 Å². The average Bonchev–Trinajstić information content (AvgIpc) is 2.15. The van der Waals surface area contributed by atoms with Crippen molar-refractivity contribution in [1.29, 1.82) is 0 Å². The van der Waals surface area contributed by atoms with E-state index in [-0.39, 0.29) is 0 Å². The van der Waals surface area contributed by atoms with Crippen LogP contribution in [0.2, 0.25) is 0 Å². The van der Waals surface area contributed by atoms with Gasteiger partial charge < -0.3 is 24.8 Å². The molecule has 1 aliphatic rings. The van der Waals surface area contributed by atoms with Gasteiger partial charge in [0.15, 0.2) is 6.29 Å². The van der Waals surface area contributed by atoms with Crippen molar-refractivity contribution in [2.75, 3.05) is 7.11 Å². The quantitative estimate of drug-likeness (QED) is 0.515. The van der Waals surface area contributed by atoms with Crippen LogP contribution in [0.15, 0.2) is 0 Å². The molecule has 0 bridgehead atoms. The van der Waals surface area contributed by atoms with Crippen LogP contribution in [0.1, 0.15) is 13.3 Å². The Hall–Kier alpha value is -0.200. The third kappa shape index (κ3) is 2.00. The average molecular weight is 192 g/mol. The van der Waals surface area contributed by atoms with E-state index in [9.17, 15) is 15.3 Å². The summed E-state index contributed by atoms with van der Waals surface area (Å²) in [6.45, 7) is 1.82. The summed E-state index contributed by atoms with van der Waals surface area (Å²) in [4.78, 5) is 0. The number of rotatable bonds is 2. The van der Waals surface area contributed by atoms with Gasteiger partial charge in [-0.05, 0) is 6.42 Å². The maximum atomic E-state index is 9.43. The lowest BCUT2D eigenvalue weighted by molar-refractivity contribution is -0.290. The third-order valence-electron chi connectivity index (χ3n) is 2.30. The Morgan fingerprint density at radius 1 is 1.15 bits per heavy atom. The maximum absolute atomic E-state index is 9.43. The summed E-state index contributed by atoms with van der Waals surface area (Å²) in [7, 11) is 1.38. The Kier molecular flexibility index (Phi) is 3.63. The summed E-state index contributed by atoms with van der Waals surface area (Å²) in [5.41, 5.74) is 0. The smallest absolute Gasteiger partial charge is 0.186 e. The Morgan fingerprint density at radius 2 is 1.77 bits per heavy atom. The first-order valence-corrected chi connectivity index (χ1v) is 4.34. The maximum Gasteiger partial charge on any atom is 0.186 e. The van der Waals surface area contributed by atoms with Crippen LogP contribution < -0.4 is 0 Å². The van der Waals surface area contributed by atoms with E-state index in [0.29, 0.717) is 6.42 Å². The molecule has 1 rings (SSSR count). The fraction of sp³-hybridized carbons (Fsp3) is 1.00. The van der Waals surface area contributed by atoms with E-state index in [4.69, 9.17) is 9.47 Å². The van der Waals surface area contributed by atoms with E-state index >= 15 is 0 Å². The summed E-state index contributed by atoms with van der Waals surface area (Å²) < 4.78 is 10.0. The molecule has 1 aliphatic heterocycles. The van der Waals surface area contributed by atoms with Gasteiger partial charge in [-0.2, -0.15) is 0 Å². The van der Waals surface area contributed by atoms with Crippen molar-refractivity contribution in [3.63, 3.8) is 0 Å². The molecule has 5 heteroatoms. The molecule has 0 aromatic carbocycles. The zero-order valence-electron chi connectivity index (χ0n) is 7.75. The van der Waals surface area contributed by atoms with Gasteiger partial charge >= 0.3 is 0 Å². The molecule has 1 saturated heterocycles. The standard InChI is InChI=1S/C8H16O5/c1-3-4-5(9)6(10)7(11)8(12-2)13-4/h4-11H,3H2,1-2H3/t4?,5-,6-,7?,8+/m1/s1. The predicted octanol–water partition coefficient (Wildman–Crippen LogP) is -1.15. The topological polar surface area (TPSA) is 79.2 Å². The monoisotopic (exact) mass is 192 g/mol. The first-order valence-electron chi connectivity index (χ1n) is 4.34. The highest BCUT2D eigenvalue weighted by atomic mass is 16.7. The normalized spacial score (nSPS) is 46.4. The van der Waals surface area contributed by atoms with Crippen molar-refractivity contribution in [2.24, 2.45) is 0 Å². The van der Waals surface area contributed by atoms with Gasteiger partial charge in [0.05, 0.1) is 6.10 Å². The molecule has 1 heterocycles. The molecule has 0 aromatic heterocycles. The fourth-order valence-corrected chi connectivity index (χ4v) is 1.45. The van der Waals surface area contributed by atoms with E-state index in [1.807, 2.05) is 6.92 Å². The van der Waals surface area contributed by atoms with E-state index < -0.39 is 30.7 Å². The Balaban J connectivity index is 2.66. The van der Waals surface area contributed by atoms with Gasteiger partial charge in [0.2, 0.25) is 0 Å². The van der Waals surface area contributed by atoms with E-state index in [1.165, 1.54) is 7.11 Å². The van der Waals surface area contributed by atoms with Gasteiger partial charge in [0.25, 0.3) is 0 Å². The number of ether oxygens (including phenoxy) is 2. The van der Waals surface area contributed by atoms with Crippen LogP contribution in [0.5, 0.6) is 0 Å². The van der Waals surface area contributed by atoms with Gasteiger partial charge in [-0.25, -0.2) is 0 Å². The number of hydrogen-bond donors (Lipinski definition) is 3. The minimum atomic E-state index is -1.20. The van der Waals surface area contributed by atoms with Crippen molar-refractivity contribution >= 4 is 0 Å². The van der Waals surface area contributed by atoms with Gasteiger partial charge in [-0.3, -0.25) is 0 Å². The summed E-state index contributed by atoms with van der Waals surface area (Å²) in [6, 6.07) is 0. The summed E-state index contributed by atoms with van der Waals surface area (Å²) in [6.07, 6.45) is -4.23. The molecule has 13 heavy (non-hydrogen) atoms. The molecule has 2 unspecified atom stereocenters. The van der Waals surface area contributed by atoms with Crippen LogP contribution in [-0.4, -0.2) is 53.1 Å². The van der Waals surface area contributed by atoms with Crippen LogP contribution in [0, 0.1) is 0 Å². The Bertz CT molecular complexity index is 143. The zero-order chi connectivity index (χ0) is 10.0. The Labute approximate surface area is 76.9 Å². The van der Waals surface area contributed by atoms with Gasteiger partial charge in [0, 0.05) is 7.11 Å². The minimum absolute atomic E-state index is 0.483. The molecule has 1 fully saturated rings. The second-order valence-electron chi connectivity index (χ2n) is 3.16. The van der Waals surface area contributed by atoms with Gasteiger partial charge in [0.1, 0.15) is 18.3 Å². The van der Waals surface area contributed by atoms with Crippen LogP contribution >= 0.6 is 0 Å². The molecule has 78 valence electrons. The largest absolute Gasteiger partial charge is 0.388 e. The molecule has 0 radical (unpaired) electrons. The Morgan fingerprint density at radius 3 is 2.23 bits per heavy atom. The highest BCUT2D eigenvalue weighted by Crippen LogP contribution is 2.23. The molecule has 0 aliphatic carbocycles. The van der Waals surface area contributed by atoms with E-state index in [2.05, 4.69) is 0 Å². The lowest BCUT2D eigenvalue weighted by Gasteiger charge is -2.39. The molecule has 5 nitrogen and oxygen atoms in total. The van der Waals surface area contributed by atoms with Gasteiger partial charge in [-0.1, -0.05) is 6.92 Å². The molecule has 0 amide bonds. The van der Waals surface area contributed by atoms with Crippen LogP contribution in [-0.2, 0) is 9.47 Å². The number of methoxy groups -OCH3 is 1.